The molecule has 148 valence electrons. The number of halogens is 1. The molecule has 0 aliphatic carbocycles. The predicted molar refractivity (Wildman–Crippen MR) is 106 cm³/mol. The van der Waals surface area contributed by atoms with E-state index in [1.165, 1.54) is 16.4 Å². The molecule has 1 aromatic carbocycles. The summed E-state index contributed by atoms with van der Waals surface area (Å²) >= 11 is 0. The molecule has 1 saturated heterocycles. The first-order valence-electron chi connectivity index (χ1n) is 8.81. The Morgan fingerprint density at radius 1 is 1.27 bits per heavy atom. The van der Waals surface area contributed by atoms with E-state index in [0.29, 0.717) is 12.1 Å². The smallest absolute Gasteiger partial charge is 0.254 e. The van der Waals surface area contributed by atoms with Crippen molar-refractivity contribution in [2.75, 3.05) is 13.6 Å². The van der Waals surface area contributed by atoms with Crippen LogP contribution in [0.1, 0.15) is 50.4 Å². The Kier molecular flexibility index (Phi) is 8.07. The number of piperidine rings is 1. The van der Waals surface area contributed by atoms with Gasteiger partial charge in [-0.2, -0.15) is 4.31 Å². The maximum Gasteiger partial charge on any atom is 0.254 e. The van der Waals surface area contributed by atoms with E-state index in [4.69, 9.17) is 5.73 Å². The van der Waals surface area contributed by atoms with Crippen molar-refractivity contribution < 1.29 is 13.2 Å². The number of likely N-dealkylation sites (tertiary alicyclic amines) is 1. The number of nitrogens with zero attached hydrogens (tertiary/aromatic N) is 2. The summed E-state index contributed by atoms with van der Waals surface area (Å²) in [6, 6.07) is 6.04. The van der Waals surface area contributed by atoms with Gasteiger partial charge in [-0.15, -0.1) is 12.4 Å². The second-order valence-electron chi connectivity index (χ2n) is 7.06. The van der Waals surface area contributed by atoms with Crippen molar-refractivity contribution in [3.8, 4) is 0 Å². The number of rotatable bonds is 5. The lowest BCUT2D eigenvalue weighted by molar-refractivity contribution is 0.0583. The van der Waals surface area contributed by atoms with Crippen molar-refractivity contribution in [1.82, 2.24) is 9.21 Å². The third-order valence-electron chi connectivity index (χ3n) is 4.90. The molecule has 0 spiro atoms. The Bertz CT molecular complexity index is 722. The van der Waals surface area contributed by atoms with Crippen LogP contribution in [-0.4, -0.2) is 55.2 Å². The van der Waals surface area contributed by atoms with Gasteiger partial charge in [0.25, 0.3) is 5.91 Å². The second-order valence-corrected chi connectivity index (χ2v) is 9.06. The molecule has 6 nitrogen and oxygen atoms in total. The summed E-state index contributed by atoms with van der Waals surface area (Å²) in [6.07, 6.45) is 2.89. The topological polar surface area (TPSA) is 83.7 Å². The highest BCUT2D eigenvalue weighted by Crippen LogP contribution is 2.23. The molecule has 0 saturated carbocycles. The van der Waals surface area contributed by atoms with Gasteiger partial charge in [-0.1, -0.05) is 6.07 Å². The summed E-state index contributed by atoms with van der Waals surface area (Å²) in [4.78, 5) is 14.9. The fraction of sp³-hybridized carbons (Fsp3) is 0.611. The zero-order valence-corrected chi connectivity index (χ0v) is 17.5. The van der Waals surface area contributed by atoms with Gasteiger partial charge in [0.1, 0.15) is 0 Å². The van der Waals surface area contributed by atoms with E-state index in [1.54, 1.807) is 24.1 Å². The summed E-state index contributed by atoms with van der Waals surface area (Å²) in [5.74, 6) is -0.147. The number of hydrogen-bond acceptors (Lipinski definition) is 4. The van der Waals surface area contributed by atoms with Crippen molar-refractivity contribution in [3.05, 3.63) is 29.8 Å². The molecule has 2 rings (SSSR count). The van der Waals surface area contributed by atoms with Crippen molar-refractivity contribution in [2.24, 2.45) is 5.73 Å². The van der Waals surface area contributed by atoms with Gasteiger partial charge in [-0.25, -0.2) is 8.42 Å². The standard InChI is InChI=1S/C18H29N3O3S.ClH/c1-13(2)20(4)25(23,24)16-9-7-8-15(12-16)18(22)21-11-6-5-10-17(21)14(3)19;/h7-9,12-14,17H,5-6,10-11,19H2,1-4H3;1H. The van der Waals surface area contributed by atoms with Crippen LogP contribution < -0.4 is 5.73 Å². The van der Waals surface area contributed by atoms with Crippen LogP contribution in [0.25, 0.3) is 0 Å². The molecule has 0 radical (unpaired) electrons. The number of amides is 1. The number of benzene rings is 1. The lowest BCUT2D eigenvalue weighted by Gasteiger charge is -2.38. The molecule has 1 amide bonds. The van der Waals surface area contributed by atoms with E-state index in [9.17, 15) is 13.2 Å². The maximum absolute atomic E-state index is 13.0. The number of hydrogen-bond donors (Lipinski definition) is 1. The van der Waals surface area contributed by atoms with E-state index in [-0.39, 0.29) is 41.3 Å². The minimum absolute atomic E-state index is 0. The van der Waals surface area contributed by atoms with Crippen LogP contribution >= 0.6 is 12.4 Å². The van der Waals surface area contributed by atoms with Crippen molar-refractivity contribution in [1.29, 1.82) is 0 Å². The summed E-state index contributed by atoms with van der Waals surface area (Å²) in [7, 11) is -2.07. The van der Waals surface area contributed by atoms with Crippen molar-refractivity contribution in [2.45, 2.75) is 63.1 Å². The average molecular weight is 404 g/mol. The van der Waals surface area contributed by atoms with Crippen LogP contribution in [0.2, 0.25) is 0 Å². The highest BCUT2D eigenvalue weighted by molar-refractivity contribution is 7.89. The first kappa shape index (κ1) is 22.9. The fourth-order valence-corrected chi connectivity index (χ4v) is 4.57. The van der Waals surface area contributed by atoms with Gasteiger partial charge in [0, 0.05) is 37.3 Å². The highest BCUT2D eigenvalue weighted by Gasteiger charge is 2.31. The van der Waals surface area contributed by atoms with Crippen LogP contribution in [0.15, 0.2) is 29.2 Å². The van der Waals surface area contributed by atoms with Gasteiger partial charge < -0.3 is 10.6 Å². The van der Waals surface area contributed by atoms with E-state index in [2.05, 4.69) is 0 Å². The zero-order valence-electron chi connectivity index (χ0n) is 15.9. The fourth-order valence-electron chi connectivity index (χ4n) is 3.16. The Balaban J connectivity index is 0.00000338. The minimum atomic E-state index is -3.62. The Morgan fingerprint density at radius 3 is 2.50 bits per heavy atom. The Hall–Kier alpha value is -1.15. The minimum Gasteiger partial charge on any atom is -0.334 e. The van der Waals surface area contributed by atoms with E-state index in [0.717, 1.165) is 19.3 Å². The SMILES string of the molecule is CC(N)C1CCCCN1C(=O)c1cccc(S(=O)(=O)N(C)C(C)C)c1.Cl. The number of carbonyl (C=O) groups excluding carboxylic acids is 1. The molecule has 8 heteroatoms. The molecule has 1 aliphatic rings. The molecule has 2 N–H and O–H groups in total. The molecular formula is C18H30ClN3O3S. The van der Waals surface area contributed by atoms with Crippen LogP contribution in [0.3, 0.4) is 0 Å². The summed E-state index contributed by atoms with van der Waals surface area (Å²) in [5.41, 5.74) is 6.44. The molecule has 2 atom stereocenters. The van der Waals surface area contributed by atoms with E-state index >= 15 is 0 Å². The molecule has 1 aliphatic heterocycles. The molecule has 0 bridgehead atoms. The summed E-state index contributed by atoms with van der Waals surface area (Å²) in [5, 5.41) is 0. The van der Waals surface area contributed by atoms with E-state index < -0.39 is 10.0 Å². The van der Waals surface area contributed by atoms with Crippen LogP contribution in [0.5, 0.6) is 0 Å². The molecule has 1 fully saturated rings. The first-order chi connectivity index (χ1) is 11.7. The van der Waals surface area contributed by atoms with E-state index in [1.807, 2.05) is 20.8 Å². The normalized spacial score (nSPS) is 19.3. The lowest BCUT2D eigenvalue weighted by Crippen LogP contribution is -2.51. The number of carbonyl (C=O) groups is 1. The van der Waals surface area contributed by atoms with Crippen LogP contribution in [0, 0.1) is 0 Å². The van der Waals surface area contributed by atoms with Crippen LogP contribution in [0.4, 0.5) is 0 Å². The molecule has 26 heavy (non-hydrogen) atoms. The molecule has 1 aromatic rings. The second kappa shape index (κ2) is 9.17. The highest BCUT2D eigenvalue weighted by atomic mass is 35.5. The summed E-state index contributed by atoms with van der Waals surface area (Å²) < 4.78 is 26.7. The molecular weight excluding hydrogens is 374 g/mol. The summed E-state index contributed by atoms with van der Waals surface area (Å²) in [6.45, 7) is 6.20. The van der Waals surface area contributed by atoms with Gasteiger partial charge in [0.2, 0.25) is 10.0 Å². The predicted octanol–water partition coefficient (Wildman–Crippen LogP) is 2.48. The average Bonchev–Trinajstić information content (AvgIpc) is 2.60. The van der Waals surface area contributed by atoms with Gasteiger partial charge >= 0.3 is 0 Å². The third-order valence-corrected chi connectivity index (χ3v) is 6.93. The van der Waals surface area contributed by atoms with Gasteiger partial charge in [-0.3, -0.25) is 4.79 Å². The van der Waals surface area contributed by atoms with Crippen molar-refractivity contribution >= 4 is 28.3 Å². The Labute approximate surface area is 163 Å². The Morgan fingerprint density at radius 2 is 1.92 bits per heavy atom. The lowest BCUT2D eigenvalue weighted by atomic mass is 9.96. The molecule has 1 heterocycles. The third kappa shape index (κ3) is 4.76. The molecule has 2 unspecified atom stereocenters. The van der Waals surface area contributed by atoms with Gasteiger partial charge in [-0.05, 0) is 58.2 Å². The monoisotopic (exact) mass is 403 g/mol. The first-order valence-corrected chi connectivity index (χ1v) is 10.2. The van der Waals surface area contributed by atoms with Gasteiger partial charge in [0.15, 0.2) is 0 Å². The largest absolute Gasteiger partial charge is 0.334 e. The molecule has 0 aromatic heterocycles. The van der Waals surface area contributed by atoms with Crippen molar-refractivity contribution in [3.63, 3.8) is 0 Å². The number of nitrogens with two attached hydrogens (primary N) is 1. The maximum atomic E-state index is 13.0. The van der Waals surface area contributed by atoms with Crippen LogP contribution in [-0.2, 0) is 10.0 Å². The zero-order chi connectivity index (χ0) is 18.8. The van der Waals surface area contributed by atoms with Gasteiger partial charge in [0.05, 0.1) is 4.90 Å². The quantitative estimate of drug-likeness (QED) is 0.818. The number of sulfonamides is 1.